The summed E-state index contributed by atoms with van der Waals surface area (Å²) in [5, 5.41) is 3.39. The highest BCUT2D eigenvalue weighted by atomic mass is 32.2. The minimum atomic E-state index is 0.664. The molecule has 2 nitrogen and oxygen atoms in total. The van der Waals surface area contributed by atoms with E-state index >= 15 is 0 Å². The van der Waals surface area contributed by atoms with Crippen LogP contribution in [0.4, 0.5) is 0 Å². The molecule has 1 saturated carbocycles. The number of hydrogen-bond donors (Lipinski definition) is 1. The third-order valence-corrected chi connectivity index (χ3v) is 4.37. The van der Waals surface area contributed by atoms with Crippen LogP contribution in [0.1, 0.15) is 12.8 Å². The summed E-state index contributed by atoms with van der Waals surface area (Å²) in [5.74, 6) is 0. The lowest BCUT2D eigenvalue weighted by Gasteiger charge is -2.30. The lowest BCUT2D eigenvalue weighted by atomic mass is 10.3. The van der Waals surface area contributed by atoms with E-state index in [0.29, 0.717) is 4.75 Å². The molecule has 1 heterocycles. The molecule has 1 aliphatic heterocycles. The fourth-order valence-electron chi connectivity index (χ4n) is 1.84. The largest absolute Gasteiger partial charge is 0.314 e. The smallest absolute Gasteiger partial charge is 0.0285 e. The molecule has 3 heteroatoms. The van der Waals surface area contributed by atoms with Gasteiger partial charge >= 0.3 is 0 Å². The third kappa shape index (κ3) is 1.95. The molecule has 0 aromatic carbocycles. The molecule has 1 N–H and O–H groups in total. The van der Waals surface area contributed by atoms with Crippen molar-refractivity contribution in [2.24, 2.45) is 0 Å². The van der Waals surface area contributed by atoms with Crippen LogP contribution in [0, 0.1) is 0 Å². The molecule has 2 rings (SSSR count). The number of hydrogen-bond acceptors (Lipinski definition) is 3. The van der Waals surface area contributed by atoms with E-state index in [1.807, 2.05) is 0 Å². The molecule has 70 valence electrons. The van der Waals surface area contributed by atoms with E-state index in [4.69, 9.17) is 0 Å². The summed E-state index contributed by atoms with van der Waals surface area (Å²) in [6.07, 6.45) is 5.14. The maximum absolute atomic E-state index is 3.39. The second-order valence-electron chi connectivity index (χ2n) is 3.91. The van der Waals surface area contributed by atoms with E-state index in [2.05, 4.69) is 28.2 Å². The van der Waals surface area contributed by atoms with Gasteiger partial charge in [-0.3, -0.25) is 4.90 Å². The Morgan fingerprint density at radius 1 is 1.33 bits per heavy atom. The molecular weight excluding hydrogens is 168 g/mol. The van der Waals surface area contributed by atoms with E-state index in [0.717, 1.165) is 0 Å². The van der Waals surface area contributed by atoms with Crippen molar-refractivity contribution >= 4 is 11.8 Å². The van der Waals surface area contributed by atoms with Gasteiger partial charge in [-0.15, -0.1) is 0 Å². The van der Waals surface area contributed by atoms with E-state index in [1.54, 1.807) is 0 Å². The summed E-state index contributed by atoms with van der Waals surface area (Å²) in [4.78, 5) is 2.61. The predicted molar refractivity (Wildman–Crippen MR) is 54.8 cm³/mol. The Bertz CT molecular complexity index is 151. The Labute approximate surface area is 79.1 Å². The standard InChI is InChI=1S/C9H18N2S/c1-12-9(2-3-9)8-11-6-4-10-5-7-11/h10H,2-8H2,1H3. The van der Waals surface area contributed by atoms with E-state index < -0.39 is 0 Å². The molecule has 0 spiro atoms. The van der Waals surface area contributed by atoms with Gasteiger partial charge in [0, 0.05) is 37.5 Å². The number of nitrogens with one attached hydrogen (secondary N) is 1. The van der Waals surface area contributed by atoms with Crippen LogP contribution >= 0.6 is 11.8 Å². The minimum absolute atomic E-state index is 0.664. The lowest BCUT2D eigenvalue weighted by molar-refractivity contribution is 0.238. The van der Waals surface area contributed by atoms with Crippen molar-refractivity contribution in [3.63, 3.8) is 0 Å². The quantitative estimate of drug-likeness (QED) is 0.701. The third-order valence-electron chi connectivity index (χ3n) is 2.96. The Morgan fingerprint density at radius 2 is 2.00 bits per heavy atom. The number of nitrogens with zero attached hydrogens (tertiary/aromatic N) is 1. The molecule has 0 radical (unpaired) electrons. The number of piperazine rings is 1. The van der Waals surface area contributed by atoms with Crippen LogP contribution in [0.2, 0.25) is 0 Å². The van der Waals surface area contributed by atoms with Crippen LogP contribution in [-0.2, 0) is 0 Å². The molecule has 2 fully saturated rings. The van der Waals surface area contributed by atoms with Crippen LogP contribution in [-0.4, -0.2) is 48.6 Å². The highest BCUT2D eigenvalue weighted by Gasteiger charge is 2.43. The van der Waals surface area contributed by atoms with Gasteiger partial charge in [-0.25, -0.2) is 0 Å². The van der Waals surface area contributed by atoms with Gasteiger partial charge in [0.1, 0.15) is 0 Å². The monoisotopic (exact) mass is 186 g/mol. The normalized spacial score (nSPS) is 28.8. The second-order valence-corrected chi connectivity index (χ2v) is 5.19. The molecular formula is C9H18N2S. The van der Waals surface area contributed by atoms with Gasteiger partial charge < -0.3 is 5.32 Å². The van der Waals surface area contributed by atoms with Gasteiger partial charge in [-0.1, -0.05) is 0 Å². The lowest BCUT2D eigenvalue weighted by Crippen LogP contribution is -2.46. The Kier molecular flexibility index (Phi) is 2.63. The van der Waals surface area contributed by atoms with Crippen LogP contribution in [0.25, 0.3) is 0 Å². The summed E-state index contributed by atoms with van der Waals surface area (Å²) in [7, 11) is 0. The van der Waals surface area contributed by atoms with E-state index in [9.17, 15) is 0 Å². The minimum Gasteiger partial charge on any atom is -0.314 e. The summed E-state index contributed by atoms with van der Waals surface area (Å²) >= 11 is 2.07. The van der Waals surface area contributed by atoms with Gasteiger partial charge in [-0.2, -0.15) is 11.8 Å². The maximum Gasteiger partial charge on any atom is 0.0285 e. The first-order chi connectivity index (χ1) is 5.85. The van der Waals surface area contributed by atoms with Crippen molar-refractivity contribution in [1.29, 1.82) is 0 Å². The number of thioether (sulfide) groups is 1. The van der Waals surface area contributed by atoms with Gasteiger partial charge in [0.15, 0.2) is 0 Å². The molecule has 1 saturated heterocycles. The van der Waals surface area contributed by atoms with Gasteiger partial charge in [-0.05, 0) is 19.1 Å². The first-order valence-electron chi connectivity index (χ1n) is 4.83. The summed E-state index contributed by atoms with van der Waals surface area (Å²) in [5.41, 5.74) is 0. The Balaban J connectivity index is 1.77. The molecule has 0 bridgehead atoms. The second kappa shape index (κ2) is 3.56. The molecule has 0 amide bonds. The zero-order valence-corrected chi connectivity index (χ0v) is 8.62. The molecule has 2 aliphatic rings. The topological polar surface area (TPSA) is 15.3 Å². The molecule has 12 heavy (non-hydrogen) atoms. The van der Waals surface area contributed by atoms with Gasteiger partial charge in [0.2, 0.25) is 0 Å². The van der Waals surface area contributed by atoms with Crippen molar-refractivity contribution in [2.45, 2.75) is 17.6 Å². The molecule has 0 unspecified atom stereocenters. The van der Waals surface area contributed by atoms with Crippen molar-refractivity contribution in [2.75, 3.05) is 39.0 Å². The van der Waals surface area contributed by atoms with E-state index in [1.165, 1.54) is 45.6 Å². The molecule has 0 aromatic heterocycles. The van der Waals surface area contributed by atoms with Crippen LogP contribution in [0.3, 0.4) is 0 Å². The SMILES string of the molecule is CSC1(CN2CCNCC2)CC1. The first kappa shape index (κ1) is 8.85. The summed E-state index contributed by atoms with van der Waals surface area (Å²) < 4.78 is 0.664. The van der Waals surface area contributed by atoms with Crippen molar-refractivity contribution < 1.29 is 0 Å². The van der Waals surface area contributed by atoms with Crippen LogP contribution in [0.15, 0.2) is 0 Å². The zero-order valence-electron chi connectivity index (χ0n) is 7.81. The van der Waals surface area contributed by atoms with Crippen LogP contribution in [0.5, 0.6) is 0 Å². The fraction of sp³-hybridized carbons (Fsp3) is 1.00. The van der Waals surface area contributed by atoms with Crippen molar-refractivity contribution in [3.8, 4) is 0 Å². The fourth-order valence-corrected chi connectivity index (χ4v) is 2.66. The first-order valence-corrected chi connectivity index (χ1v) is 6.05. The van der Waals surface area contributed by atoms with Gasteiger partial charge in [0.05, 0.1) is 0 Å². The Hall–Kier alpha value is 0.270. The van der Waals surface area contributed by atoms with Crippen molar-refractivity contribution in [1.82, 2.24) is 10.2 Å². The zero-order chi connectivity index (χ0) is 8.44. The average molecular weight is 186 g/mol. The highest BCUT2D eigenvalue weighted by Crippen LogP contribution is 2.47. The predicted octanol–water partition coefficient (Wildman–Crippen LogP) is 0.787. The van der Waals surface area contributed by atoms with Crippen LogP contribution < -0.4 is 5.32 Å². The highest BCUT2D eigenvalue weighted by molar-refractivity contribution is 8.00. The summed E-state index contributed by atoms with van der Waals surface area (Å²) in [6.45, 7) is 6.20. The average Bonchev–Trinajstić information content (AvgIpc) is 2.88. The van der Waals surface area contributed by atoms with Gasteiger partial charge in [0.25, 0.3) is 0 Å². The molecule has 0 atom stereocenters. The maximum atomic E-state index is 3.39. The Morgan fingerprint density at radius 3 is 2.50 bits per heavy atom. The van der Waals surface area contributed by atoms with Crippen molar-refractivity contribution in [3.05, 3.63) is 0 Å². The molecule has 0 aromatic rings. The summed E-state index contributed by atoms with van der Waals surface area (Å²) in [6, 6.07) is 0. The number of rotatable bonds is 3. The van der Waals surface area contributed by atoms with E-state index in [-0.39, 0.29) is 0 Å². The molecule has 1 aliphatic carbocycles.